The molecule has 0 rings (SSSR count). The van der Waals surface area contributed by atoms with Crippen LogP contribution in [0.4, 0.5) is 0 Å². The number of phosphoric acid groups is 5. The Morgan fingerprint density at radius 3 is 0.233 bits per heavy atom. The predicted octanol–water partition coefficient (Wildman–Crippen LogP) is -14.1. The zero-order valence-corrected chi connectivity index (χ0v) is 33.1. The van der Waals surface area contributed by atoms with Gasteiger partial charge >= 0.3 is 209 Å². The number of hydrogen-bond acceptors (Lipinski definition) is 20. The Morgan fingerprint density at radius 1 is 0.233 bits per heavy atom. The molecule has 0 aliphatic carbocycles. The zero-order chi connectivity index (χ0) is 22.5. The second kappa shape index (κ2) is 32.6. The maximum Gasteiger partial charge on any atom is 3.00 e. The molecule has 0 saturated heterocycles. The van der Waals surface area contributed by atoms with Gasteiger partial charge < -0.3 is 96.2 Å². The van der Waals surface area contributed by atoms with Crippen molar-refractivity contribution < 1.29 is 305 Å². The van der Waals surface area contributed by atoms with Gasteiger partial charge in [0, 0.05) is 0 Å². The van der Waals surface area contributed by atoms with E-state index in [-0.39, 0.29) is 209 Å². The summed E-state index contributed by atoms with van der Waals surface area (Å²) in [5.41, 5.74) is 0. The summed E-state index contributed by atoms with van der Waals surface area (Å²) in [7, 11) is -26.9. The van der Waals surface area contributed by atoms with Crippen LogP contribution < -0.4 is 73.4 Å². The minimum absolute atomic E-state index is 0. The minimum atomic E-state index is -5.39. The summed E-state index contributed by atoms with van der Waals surface area (Å²) in [6.45, 7) is 0. The average molecular weight is 1180 g/mol. The predicted molar refractivity (Wildman–Crippen MR) is 38.0 cm³/mol. The third kappa shape index (κ3) is 760. The molecule has 0 spiro atoms. The molecule has 0 bridgehead atoms. The Hall–Kier alpha value is 7.43. The molecule has 0 heterocycles. The first kappa shape index (κ1) is 66.0. The summed E-state index contributed by atoms with van der Waals surface area (Å²) >= 11 is 0. The van der Waals surface area contributed by atoms with Crippen molar-refractivity contribution >= 4 is 39.1 Å². The summed E-state index contributed by atoms with van der Waals surface area (Å²) in [6, 6.07) is 0. The van der Waals surface area contributed by atoms with Crippen molar-refractivity contribution in [3.8, 4) is 0 Å². The van der Waals surface area contributed by atoms with E-state index in [1.807, 2.05) is 0 Å². The molecule has 0 aromatic rings. The normalized spacial score (nSPS) is 9.83. The first-order valence-corrected chi connectivity index (χ1v) is 11.0. The van der Waals surface area contributed by atoms with Gasteiger partial charge in [0.15, 0.2) is 0 Å². The van der Waals surface area contributed by atoms with Crippen molar-refractivity contribution in [2.24, 2.45) is 0 Å². The molecule has 0 aliphatic heterocycles. The summed E-state index contributed by atoms with van der Waals surface area (Å²) in [6.07, 6.45) is 0. The van der Waals surface area contributed by atoms with E-state index in [1.165, 1.54) is 0 Å². The van der Waals surface area contributed by atoms with E-state index < -0.39 is 39.1 Å². The molecule has 0 unspecified atom stereocenters. The van der Waals surface area contributed by atoms with Crippen LogP contribution in [0.2, 0.25) is 0 Å². The Bertz CT molecular complexity index is 385. The first-order valence-electron chi connectivity index (χ1n) is 3.65. The van der Waals surface area contributed by atoms with Crippen molar-refractivity contribution in [1.82, 2.24) is 0 Å². The second-order valence-corrected chi connectivity index (χ2v) is 6.71. The SMILES string of the molecule is O=P([O-])([O-])[O-].O=P([O-])([O-])[O-].O=P([O-])([O-])[O-].O=P([O-])([O-])[O-].O=P([O-])([O-])[O-].[Ce+3].[Ce+3].[Ce+3].[Ce+3].[Ce+3]. The van der Waals surface area contributed by atoms with Crippen LogP contribution >= 0.6 is 39.1 Å². The van der Waals surface area contributed by atoms with E-state index in [4.69, 9.17) is 96.2 Å². The molecule has 0 atom stereocenters. The fourth-order valence-corrected chi connectivity index (χ4v) is 0. The van der Waals surface area contributed by atoms with Crippen LogP contribution in [0.3, 0.4) is 0 Å². The molecule has 0 aromatic carbocycles. The topological polar surface area (TPSA) is 431 Å². The van der Waals surface area contributed by atoms with Crippen molar-refractivity contribution in [3.05, 3.63) is 0 Å². The van der Waals surface area contributed by atoms with Crippen LogP contribution in [0.25, 0.3) is 0 Å². The van der Waals surface area contributed by atoms with Crippen LogP contribution in [0, 0.1) is 209 Å². The van der Waals surface area contributed by atoms with Crippen LogP contribution in [-0.2, 0) is 22.8 Å². The van der Waals surface area contributed by atoms with Crippen LogP contribution in [0.1, 0.15) is 0 Å². The molecule has 0 fully saturated rings. The van der Waals surface area contributed by atoms with Gasteiger partial charge in [-0.25, -0.2) is 0 Å². The van der Waals surface area contributed by atoms with E-state index in [9.17, 15) is 0 Å². The van der Waals surface area contributed by atoms with Gasteiger partial charge in [0.1, 0.15) is 0 Å². The first-order chi connectivity index (χ1) is 10.0. The van der Waals surface area contributed by atoms with E-state index in [2.05, 4.69) is 0 Å². The second-order valence-electron chi connectivity index (χ2n) is 2.24. The summed E-state index contributed by atoms with van der Waals surface area (Å²) < 4.78 is 42.7. The van der Waals surface area contributed by atoms with Gasteiger partial charge in [0.2, 0.25) is 0 Å². The fraction of sp³-hybridized carbons (Fsp3) is 0. The molecule has 0 amide bonds. The average Bonchev–Trinajstić information content (AvgIpc) is 1.79. The van der Waals surface area contributed by atoms with Crippen molar-refractivity contribution in [2.75, 3.05) is 0 Å². The van der Waals surface area contributed by atoms with Gasteiger partial charge in [-0.15, -0.1) is 0 Å². The molecular weight excluding hydrogens is 1180 g/mol. The smallest absolute Gasteiger partial charge is 0.822 e. The van der Waals surface area contributed by atoms with Crippen molar-refractivity contribution in [2.45, 2.75) is 0 Å². The van der Waals surface area contributed by atoms with Crippen molar-refractivity contribution in [1.29, 1.82) is 0 Å². The van der Waals surface area contributed by atoms with E-state index in [0.717, 1.165) is 0 Å². The maximum absolute atomic E-state index is 8.55. The monoisotopic (exact) mass is 1170 g/mol. The Balaban J connectivity index is -0.0000000200. The molecule has 5 radical (unpaired) electrons. The molecule has 30 heteroatoms. The van der Waals surface area contributed by atoms with Crippen LogP contribution in [0.15, 0.2) is 0 Å². The molecule has 30 heavy (non-hydrogen) atoms. The third-order valence-electron chi connectivity index (χ3n) is 0. The van der Waals surface area contributed by atoms with E-state index in [1.54, 1.807) is 0 Å². The van der Waals surface area contributed by atoms with Crippen LogP contribution in [0.5, 0.6) is 0 Å². The van der Waals surface area contributed by atoms with Crippen LogP contribution in [-0.4, -0.2) is 0 Å². The van der Waals surface area contributed by atoms with Gasteiger partial charge in [-0.1, -0.05) is 0 Å². The maximum atomic E-state index is 8.55. The zero-order valence-electron chi connectivity index (χ0n) is 12.9. The largest absolute Gasteiger partial charge is 3.00 e. The van der Waals surface area contributed by atoms with E-state index in [0.29, 0.717) is 0 Å². The summed E-state index contributed by atoms with van der Waals surface area (Å²) in [4.78, 5) is 128. The standard InChI is InChI=1S/5Ce.5H3O4P/c;;;;;5*1-5(2,3)4/h;;;;;5*(H3,1,2,3,4)/q5*+3;;;;;/p-15. The van der Waals surface area contributed by atoms with Gasteiger partial charge in [-0.3, -0.25) is 0 Å². The molecule has 165 valence electrons. The molecule has 20 nitrogen and oxygen atoms in total. The van der Waals surface area contributed by atoms with Gasteiger partial charge in [-0.2, -0.15) is 39.1 Å². The molecular formula is Ce5O20P5. The van der Waals surface area contributed by atoms with Gasteiger partial charge in [-0.05, 0) is 0 Å². The molecule has 0 N–H and O–H groups in total. The quantitative estimate of drug-likeness (QED) is 0.203. The Morgan fingerprint density at radius 2 is 0.233 bits per heavy atom. The Labute approximate surface area is 335 Å². The number of rotatable bonds is 0. The van der Waals surface area contributed by atoms with E-state index >= 15 is 0 Å². The molecule has 0 aliphatic rings. The summed E-state index contributed by atoms with van der Waals surface area (Å²) in [5.74, 6) is 0. The summed E-state index contributed by atoms with van der Waals surface area (Å²) in [5, 5.41) is 0. The number of hydrogen-bond donors (Lipinski definition) is 0. The van der Waals surface area contributed by atoms with Crippen molar-refractivity contribution in [3.63, 3.8) is 0 Å². The van der Waals surface area contributed by atoms with Gasteiger partial charge in [0.25, 0.3) is 0 Å². The molecule has 0 saturated carbocycles. The fourth-order valence-electron chi connectivity index (χ4n) is 0. The molecule has 0 aromatic heterocycles. The third-order valence-corrected chi connectivity index (χ3v) is 0. The minimum Gasteiger partial charge on any atom is -0.822 e. The Kier molecular flexibility index (Phi) is 71.8. The van der Waals surface area contributed by atoms with Gasteiger partial charge in [0.05, 0.1) is 0 Å².